The van der Waals surface area contributed by atoms with Crippen molar-refractivity contribution in [2.45, 2.75) is 6.92 Å². The van der Waals surface area contributed by atoms with Crippen LogP contribution in [0.3, 0.4) is 0 Å². The van der Waals surface area contributed by atoms with E-state index in [4.69, 9.17) is 0 Å². The second kappa shape index (κ2) is 5.10. The van der Waals surface area contributed by atoms with Crippen LogP contribution in [-0.4, -0.2) is 11.6 Å². The molecule has 0 aromatic heterocycles. The smallest absolute Gasteiger partial charge is 0.196 e. The summed E-state index contributed by atoms with van der Waals surface area (Å²) in [5.74, 6) is -2.62. The van der Waals surface area contributed by atoms with E-state index < -0.39 is 17.4 Å². The molecule has 2 aromatic rings. The highest BCUT2D eigenvalue weighted by molar-refractivity contribution is 6.15. The summed E-state index contributed by atoms with van der Waals surface area (Å²) in [5.41, 5.74) is 0.0758. The molecule has 0 bridgehead atoms. The van der Waals surface area contributed by atoms with Crippen LogP contribution in [0.4, 0.5) is 8.78 Å². The van der Waals surface area contributed by atoms with Crippen LogP contribution < -0.4 is 0 Å². The number of Topliss-reactive ketones (excluding diaryl/α,β-unsaturated/α-hetero) is 1. The Morgan fingerprint density at radius 2 is 1.53 bits per heavy atom. The van der Waals surface area contributed by atoms with E-state index >= 15 is 0 Å². The number of ketones is 2. The van der Waals surface area contributed by atoms with Crippen LogP contribution in [0.5, 0.6) is 0 Å². The van der Waals surface area contributed by atoms with Crippen LogP contribution >= 0.6 is 0 Å². The lowest BCUT2D eigenvalue weighted by atomic mass is 9.96. The lowest BCUT2D eigenvalue weighted by Crippen LogP contribution is -2.10. The number of hydrogen-bond donors (Lipinski definition) is 0. The maximum Gasteiger partial charge on any atom is 0.196 e. The predicted molar refractivity (Wildman–Crippen MR) is 66.2 cm³/mol. The predicted octanol–water partition coefficient (Wildman–Crippen LogP) is 3.40. The minimum Gasteiger partial charge on any atom is -0.294 e. The molecular formula is C15H10F2O2. The van der Waals surface area contributed by atoms with Gasteiger partial charge in [-0.25, -0.2) is 8.78 Å². The van der Waals surface area contributed by atoms with Crippen molar-refractivity contribution >= 4 is 11.6 Å². The molecule has 0 aliphatic carbocycles. The number of halogens is 2. The largest absolute Gasteiger partial charge is 0.294 e. The highest BCUT2D eigenvalue weighted by Crippen LogP contribution is 2.18. The topological polar surface area (TPSA) is 34.1 Å². The zero-order chi connectivity index (χ0) is 14.0. The first kappa shape index (κ1) is 13.1. The van der Waals surface area contributed by atoms with Gasteiger partial charge in [-0.2, -0.15) is 0 Å². The molecule has 2 nitrogen and oxygen atoms in total. The SMILES string of the molecule is CC(=O)c1ccccc1C(=O)c1ccc(F)cc1F. The van der Waals surface area contributed by atoms with E-state index in [0.717, 1.165) is 12.1 Å². The quantitative estimate of drug-likeness (QED) is 0.792. The van der Waals surface area contributed by atoms with Crippen molar-refractivity contribution in [1.29, 1.82) is 0 Å². The van der Waals surface area contributed by atoms with Crippen molar-refractivity contribution < 1.29 is 18.4 Å². The molecule has 0 unspecified atom stereocenters. The van der Waals surface area contributed by atoms with E-state index in [1.807, 2.05) is 0 Å². The van der Waals surface area contributed by atoms with Gasteiger partial charge >= 0.3 is 0 Å². The summed E-state index contributed by atoms with van der Waals surface area (Å²) in [6, 6.07) is 8.87. The Morgan fingerprint density at radius 1 is 0.895 bits per heavy atom. The van der Waals surface area contributed by atoms with E-state index in [2.05, 4.69) is 0 Å². The summed E-state index contributed by atoms with van der Waals surface area (Å²) in [6.07, 6.45) is 0. The molecule has 0 aliphatic heterocycles. The molecule has 2 rings (SSSR count). The molecule has 0 saturated heterocycles. The lowest BCUT2D eigenvalue weighted by Gasteiger charge is -2.06. The van der Waals surface area contributed by atoms with E-state index in [9.17, 15) is 18.4 Å². The normalized spacial score (nSPS) is 10.3. The van der Waals surface area contributed by atoms with Crippen molar-refractivity contribution in [1.82, 2.24) is 0 Å². The average molecular weight is 260 g/mol. The Kier molecular flexibility index (Phi) is 3.51. The van der Waals surface area contributed by atoms with Gasteiger partial charge in [-0.3, -0.25) is 9.59 Å². The molecule has 0 saturated carbocycles. The van der Waals surface area contributed by atoms with Crippen LogP contribution in [0.25, 0.3) is 0 Å². The first-order valence-corrected chi connectivity index (χ1v) is 5.60. The fourth-order valence-corrected chi connectivity index (χ4v) is 1.81. The fourth-order valence-electron chi connectivity index (χ4n) is 1.81. The number of rotatable bonds is 3. The minimum absolute atomic E-state index is 0.112. The minimum atomic E-state index is -0.941. The fraction of sp³-hybridized carbons (Fsp3) is 0.0667. The molecule has 0 N–H and O–H groups in total. The van der Waals surface area contributed by atoms with Gasteiger partial charge in [-0.15, -0.1) is 0 Å². The Morgan fingerprint density at radius 3 is 2.11 bits per heavy atom. The highest BCUT2D eigenvalue weighted by Gasteiger charge is 2.18. The summed E-state index contributed by atoms with van der Waals surface area (Å²) >= 11 is 0. The monoisotopic (exact) mass is 260 g/mol. The molecule has 0 atom stereocenters. The van der Waals surface area contributed by atoms with Gasteiger partial charge in [0.05, 0.1) is 5.56 Å². The Balaban J connectivity index is 2.53. The van der Waals surface area contributed by atoms with Gasteiger partial charge in [0.2, 0.25) is 0 Å². The van der Waals surface area contributed by atoms with Crippen LogP contribution in [0.1, 0.15) is 33.2 Å². The van der Waals surface area contributed by atoms with E-state index in [1.54, 1.807) is 12.1 Å². The zero-order valence-corrected chi connectivity index (χ0v) is 10.1. The first-order chi connectivity index (χ1) is 9.00. The van der Waals surface area contributed by atoms with Crippen molar-refractivity contribution in [2.24, 2.45) is 0 Å². The second-order valence-electron chi connectivity index (χ2n) is 4.06. The maximum absolute atomic E-state index is 13.6. The summed E-state index contributed by atoms with van der Waals surface area (Å²) in [7, 11) is 0. The van der Waals surface area contributed by atoms with Crippen molar-refractivity contribution in [3.8, 4) is 0 Å². The number of benzene rings is 2. The van der Waals surface area contributed by atoms with E-state index in [0.29, 0.717) is 6.07 Å². The molecule has 0 amide bonds. The maximum atomic E-state index is 13.6. The molecule has 96 valence electrons. The third kappa shape index (κ3) is 2.57. The van der Waals surface area contributed by atoms with Gasteiger partial charge in [0.1, 0.15) is 11.6 Å². The molecule has 0 fully saturated rings. The molecule has 0 spiro atoms. The average Bonchev–Trinajstić information content (AvgIpc) is 2.38. The molecular weight excluding hydrogens is 250 g/mol. The highest BCUT2D eigenvalue weighted by atomic mass is 19.1. The third-order valence-electron chi connectivity index (χ3n) is 2.73. The Labute approximate surface area is 108 Å². The van der Waals surface area contributed by atoms with Gasteiger partial charge in [0.15, 0.2) is 11.6 Å². The van der Waals surface area contributed by atoms with Crippen LogP contribution in [0.2, 0.25) is 0 Å². The number of carbonyl (C=O) groups excluding carboxylic acids is 2. The molecule has 0 aliphatic rings. The van der Waals surface area contributed by atoms with Gasteiger partial charge in [-0.05, 0) is 19.1 Å². The number of carbonyl (C=O) groups is 2. The summed E-state index contributed by atoms with van der Waals surface area (Å²) in [4.78, 5) is 23.6. The summed E-state index contributed by atoms with van der Waals surface area (Å²) < 4.78 is 26.4. The molecule has 0 radical (unpaired) electrons. The Bertz CT molecular complexity index is 663. The Hall–Kier alpha value is -2.36. The van der Waals surface area contributed by atoms with Crippen molar-refractivity contribution in [2.75, 3.05) is 0 Å². The molecule has 4 heteroatoms. The van der Waals surface area contributed by atoms with Gasteiger partial charge in [-0.1, -0.05) is 24.3 Å². The summed E-state index contributed by atoms with van der Waals surface area (Å²) in [6.45, 7) is 1.33. The molecule has 2 aromatic carbocycles. The third-order valence-corrected chi connectivity index (χ3v) is 2.73. The molecule has 19 heavy (non-hydrogen) atoms. The van der Waals surface area contributed by atoms with Crippen molar-refractivity contribution in [3.05, 3.63) is 70.8 Å². The van der Waals surface area contributed by atoms with E-state index in [-0.39, 0.29) is 22.5 Å². The lowest BCUT2D eigenvalue weighted by molar-refractivity contribution is 0.0988. The summed E-state index contributed by atoms with van der Waals surface area (Å²) in [5, 5.41) is 0. The zero-order valence-electron chi connectivity index (χ0n) is 10.1. The standard InChI is InChI=1S/C15H10F2O2/c1-9(18)11-4-2-3-5-12(11)15(19)13-7-6-10(16)8-14(13)17/h2-8H,1H3. The van der Waals surface area contributed by atoms with Gasteiger partial charge in [0.25, 0.3) is 0 Å². The van der Waals surface area contributed by atoms with E-state index in [1.165, 1.54) is 19.1 Å². The number of hydrogen-bond acceptors (Lipinski definition) is 2. The molecule has 0 heterocycles. The van der Waals surface area contributed by atoms with Crippen LogP contribution in [0, 0.1) is 11.6 Å². The first-order valence-electron chi connectivity index (χ1n) is 5.60. The van der Waals surface area contributed by atoms with Crippen LogP contribution in [0.15, 0.2) is 42.5 Å². The second-order valence-corrected chi connectivity index (χ2v) is 4.06. The van der Waals surface area contributed by atoms with Crippen LogP contribution in [-0.2, 0) is 0 Å². The van der Waals surface area contributed by atoms with Gasteiger partial charge < -0.3 is 0 Å². The van der Waals surface area contributed by atoms with Gasteiger partial charge in [0, 0.05) is 17.2 Å². The van der Waals surface area contributed by atoms with Crippen molar-refractivity contribution in [3.63, 3.8) is 0 Å².